The molecule has 0 saturated heterocycles. The number of ether oxygens (including phenoxy) is 2. The predicted molar refractivity (Wildman–Crippen MR) is 116 cm³/mol. The van der Waals surface area contributed by atoms with Gasteiger partial charge in [0.05, 0.1) is 19.4 Å². The van der Waals surface area contributed by atoms with Crippen LogP contribution in [0.25, 0.3) is 0 Å². The Labute approximate surface area is 174 Å². The molecule has 0 aromatic rings. The van der Waals surface area contributed by atoms with Crippen molar-refractivity contribution in [2.24, 2.45) is 0 Å². The molecule has 0 aliphatic heterocycles. The highest BCUT2D eigenvalue weighted by Crippen LogP contribution is 2.12. The van der Waals surface area contributed by atoms with Crippen LogP contribution < -0.4 is 0 Å². The van der Waals surface area contributed by atoms with Crippen LogP contribution in [-0.2, 0) is 19.1 Å². The SMILES string of the molecule is CCCCCCCCCCCCCOC(=O)CCC(=O)OC(CC)CCCC. The monoisotopic (exact) mass is 398 g/mol. The van der Waals surface area contributed by atoms with Gasteiger partial charge in [-0.25, -0.2) is 0 Å². The molecule has 0 spiro atoms. The maximum Gasteiger partial charge on any atom is 0.306 e. The number of rotatable bonds is 20. The second-order valence-electron chi connectivity index (χ2n) is 7.92. The molecule has 4 nitrogen and oxygen atoms in total. The maximum atomic E-state index is 11.8. The Hall–Kier alpha value is -1.06. The van der Waals surface area contributed by atoms with Gasteiger partial charge >= 0.3 is 11.9 Å². The lowest BCUT2D eigenvalue weighted by Gasteiger charge is -2.15. The third kappa shape index (κ3) is 18.3. The molecule has 0 aromatic heterocycles. The molecular weight excluding hydrogens is 352 g/mol. The Kier molecular flexibility index (Phi) is 19.9. The molecule has 0 bridgehead atoms. The zero-order valence-corrected chi connectivity index (χ0v) is 18.9. The molecule has 0 aliphatic rings. The summed E-state index contributed by atoms with van der Waals surface area (Å²) in [6.45, 7) is 6.87. The number of unbranched alkanes of at least 4 members (excludes halogenated alkanes) is 11. The maximum absolute atomic E-state index is 11.8. The fraction of sp³-hybridized carbons (Fsp3) is 0.917. The smallest absolute Gasteiger partial charge is 0.306 e. The highest BCUT2D eigenvalue weighted by molar-refractivity contribution is 5.77. The summed E-state index contributed by atoms with van der Waals surface area (Å²) in [5, 5.41) is 0. The van der Waals surface area contributed by atoms with Crippen molar-refractivity contribution in [3.63, 3.8) is 0 Å². The van der Waals surface area contributed by atoms with Crippen molar-refractivity contribution < 1.29 is 19.1 Å². The summed E-state index contributed by atoms with van der Waals surface area (Å²) in [5.74, 6) is -0.569. The molecule has 0 saturated carbocycles. The zero-order valence-electron chi connectivity index (χ0n) is 18.9. The summed E-state index contributed by atoms with van der Waals surface area (Å²) in [5.41, 5.74) is 0. The molecule has 4 heteroatoms. The van der Waals surface area contributed by atoms with Gasteiger partial charge < -0.3 is 9.47 Å². The third-order valence-electron chi connectivity index (χ3n) is 5.18. The number of carbonyl (C=O) groups is 2. The Morgan fingerprint density at radius 3 is 1.68 bits per heavy atom. The van der Waals surface area contributed by atoms with E-state index in [0.29, 0.717) is 6.61 Å². The van der Waals surface area contributed by atoms with E-state index in [1.54, 1.807) is 0 Å². The van der Waals surface area contributed by atoms with Gasteiger partial charge in [0.25, 0.3) is 0 Å². The van der Waals surface area contributed by atoms with Gasteiger partial charge in [-0.05, 0) is 19.3 Å². The van der Waals surface area contributed by atoms with E-state index < -0.39 is 0 Å². The molecule has 0 heterocycles. The Morgan fingerprint density at radius 2 is 1.14 bits per heavy atom. The summed E-state index contributed by atoms with van der Waals surface area (Å²) in [6.07, 6.45) is 18.2. The molecule has 1 atom stereocenters. The first-order chi connectivity index (χ1) is 13.6. The van der Waals surface area contributed by atoms with Gasteiger partial charge in [0.1, 0.15) is 6.10 Å². The average Bonchev–Trinajstić information content (AvgIpc) is 2.70. The molecule has 1 unspecified atom stereocenters. The van der Waals surface area contributed by atoms with Crippen LogP contribution in [0.5, 0.6) is 0 Å². The van der Waals surface area contributed by atoms with E-state index in [1.807, 2.05) is 6.92 Å². The fourth-order valence-electron chi connectivity index (χ4n) is 3.25. The van der Waals surface area contributed by atoms with Gasteiger partial charge in [0.2, 0.25) is 0 Å². The van der Waals surface area contributed by atoms with Gasteiger partial charge in [-0.1, -0.05) is 97.8 Å². The van der Waals surface area contributed by atoms with Gasteiger partial charge in [0.15, 0.2) is 0 Å². The van der Waals surface area contributed by atoms with Crippen LogP contribution in [-0.4, -0.2) is 24.6 Å². The summed E-state index contributed by atoms with van der Waals surface area (Å²) in [6, 6.07) is 0. The number of carbonyl (C=O) groups excluding carboxylic acids is 2. The quantitative estimate of drug-likeness (QED) is 0.162. The minimum atomic E-state index is -0.286. The average molecular weight is 399 g/mol. The van der Waals surface area contributed by atoms with Gasteiger partial charge in [-0.2, -0.15) is 0 Å². The van der Waals surface area contributed by atoms with E-state index in [1.165, 1.54) is 57.8 Å². The van der Waals surface area contributed by atoms with Crippen LogP contribution >= 0.6 is 0 Å². The number of esters is 2. The molecule has 166 valence electrons. The highest BCUT2D eigenvalue weighted by atomic mass is 16.5. The van der Waals surface area contributed by atoms with Crippen LogP contribution in [0.1, 0.15) is 130 Å². The first-order valence-corrected chi connectivity index (χ1v) is 12.0. The van der Waals surface area contributed by atoms with Crippen molar-refractivity contribution in [3.8, 4) is 0 Å². The molecule has 0 amide bonds. The number of hydrogen-bond donors (Lipinski definition) is 0. The molecule has 0 fully saturated rings. The molecule has 0 aliphatic carbocycles. The van der Waals surface area contributed by atoms with E-state index in [-0.39, 0.29) is 30.9 Å². The van der Waals surface area contributed by atoms with Crippen molar-refractivity contribution >= 4 is 11.9 Å². The van der Waals surface area contributed by atoms with Crippen molar-refractivity contribution in [1.29, 1.82) is 0 Å². The van der Waals surface area contributed by atoms with Gasteiger partial charge in [-0.3, -0.25) is 9.59 Å². The lowest BCUT2D eigenvalue weighted by molar-refractivity contribution is -0.154. The minimum Gasteiger partial charge on any atom is -0.466 e. The summed E-state index contributed by atoms with van der Waals surface area (Å²) < 4.78 is 10.6. The molecule has 0 rings (SSSR count). The van der Waals surface area contributed by atoms with Crippen LogP contribution in [0.4, 0.5) is 0 Å². The second-order valence-corrected chi connectivity index (χ2v) is 7.92. The van der Waals surface area contributed by atoms with Crippen LogP contribution in [0.3, 0.4) is 0 Å². The van der Waals surface area contributed by atoms with E-state index in [9.17, 15) is 9.59 Å². The predicted octanol–water partition coefficient (Wildman–Crippen LogP) is 7.13. The van der Waals surface area contributed by atoms with Crippen LogP contribution in [0, 0.1) is 0 Å². The molecule has 0 radical (unpaired) electrons. The lowest BCUT2D eigenvalue weighted by Crippen LogP contribution is -2.18. The normalized spacial score (nSPS) is 12.0. The first-order valence-electron chi connectivity index (χ1n) is 12.0. The standard InChI is InChI=1S/C24H46O4/c1-4-7-9-10-11-12-13-14-15-16-17-21-27-23(25)19-20-24(26)28-22(6-3)18-8-5-2/h22H,4-21H2,1-3H3. The Bertz CT molecular complexity index is 368. The molecule has 0 aromatic carbocycles. The third-order valence-corrected chi connectivity index (χ3v) is 5.18. The summed E-state index contributed by atoms with van der Waals surface area (Å²) in [7, 11) is 0. The van der Waals surface area contributed by atoms with Gasteiger partial charge in [0, 0.05) is 0 Å². The molecule has 28 heavy (non-hydrogen) atoms. The first kappa shape index (κ1) is 26.9. The largest absolute Gasteiger partial charge is 0.466 e. The minimum absolute atomic E-state index is 0.0141. The van der Waals surface area contributed by atoms with E-state index in [2.05, 4.69) is 13.8 Å². The molecular formula is C24H46O4. The van der Waals surface area contributed by atoms with Crippen LogP contribution in [0.2, 0.25) is 0 Å². The van der Waals surface area contributed by atoms with Crippen molar-refractivity contribution in [2.45, 2.75) is 136 Å². The summed E-state index contributed by atoms with van der Waals surface area (Å²) >= 11 is 0. The van der Waals surface area contributed by atoms with E-state index in [0.717, 1.165) is 38.5 Å². The van der Waals surface area contributed by atoms with E-state index in [4.69, 9.17) is 9.47 Å². The highest BCUT2D eigenvalue weighted by Gasteiger charge is 2.14. The summed E-state index contributed by atoms with van der Waals surface area (Å²) in [4.78, 5) is 23.6. The number of hydrogen-bond acceptors (Lipinski definition) is 4. The topological polar surface area (TPSA) is 52.6 Å². The van der Waals surface area contributed by atoms with Gasteiger partial charge in [-0.15, -0.1) is 0 Å². The van der Waals surface area contributed by atoms with Crippen molar-refractivity contribution in [1.82, 2.24) is 0 Å². The Morgan fingerprint density at radius 1 is 0.643 bits per heavy atom. The second kappa shape index (κ2) is 20.7. The zero-order chi connectivity index (χ0) is 20.9. The van der Waals surface area contributed by atoms with Crippen molar-refractivity contribution in [3.05, 3.63) is 0 Å². The fourth-order valence-corrected chi connectivity index (χ4v) is 3.25. The van der Waals surface area contributed by atoms with Crippen molar-refractivity contribution in [2.75, 3.05) is 6.61 Å². The van der Waals surface area contributed by atoms with Crippen LogP contribution in [0.15, 0.2) is 0 Å². The Balaban J connectivity index is 3.46. The lowest BCUT2D eigenvalue weighted by atomic mass is 10.1. The molecule has 0 N–H and O–H groups in total. The van der Waals surface area contributed by atoms with E-state index >= 15 is 0 Å².